The Balaban J connectivity index is 2.43. The molecule has 1 unspecified atom stereocenters. The molecule has 5 heteroatoms. The van der Waals surface area contributed by atoms with Crippen LogP contribution in [0.4, 0.5) is 0 Å². The lowest BCUT2D eigenvalue weighted by Crippen LogP contribution is -2.29. The minimum atomic E-state index is -0.164. The zero-order chi connectivity index (χ0) is 12.7. The fraction of sp³-hybridized carbons (Fsp3) is 0.667. The molecule has 5 nitrogen and oxygen atoms in total. The summed E-state index contributed by atoms with van der Waals surface area (Å²) in [6.45, 7) is 4.54. The Morgan fingerprint density at radius 2 is 2.35 bits per heavy atom. The Hall–Kier alpha value is -1.36. The van der Waals surface area contributed by atoms with Crippen molar-refractivity contribution in [2.45, 2.75) is 33.1 Å². The highest BCUT2D eigenvalue weighted by Gasteiger charge is 2.14. The predicted octanol–water partition coefficient (Wildman–Crippen LogP) is 1.51. The summed E-state index contributed by atoms with van der Waals surface area (Å²) in [5, 5.41) is 15.3. The van der Waals surface area contributed by atoms with Crippen LogP contribution in [0.15, 0.2) is 10.7 Å². The maximum atomic E-state index is 11.8. The van der Waals surface area contributed by atoms with Crippen molar-refractivity contribution in [3.8, 4) is 0 Å². The Kier molecular flexibility index (Phi) is 5.69. The molecule has 1 aromatic heterocycles. The lowest BCUT2D eigenvalue weighted by Gasteiger charge is -2.15. The zero-order valence-corrected chi connectivity index (χ0v) is 10.4. The molecule has 1 atom stereocenters. The first-order valence-corrected chi connectivity index (χ1v) is 5.99. The molecule has 0 bridgehead atoms. The van der Waals surface area contributed by atoms with Gasteiger partial charge in [-0.2, -0.15) is 0 Å². The van der Waals surface area contributed by atoms with Crippen molar-refractivity contribution >= 4 is 5.91 Å². The molecule has 0 radical (unpaired) electrons. The number of aryl methyl sites for hydroxylation is 1. The van der Waals surface area contributed by atoms with Crippen molar-refractivity contribution in [2.75, 3.05) is 13.2 Å². The van der Waals surface area contributed by atoms with Gasteiger partial charge in [0.25, 0.3) is 5.91 Å². The molecule has 96 valence electrons. The van der Waals surface area contributed by atoms with Crippen molar-refractivity contribution in [3.63, 3.8) is 0 Å². The number of carbonyl (C=O) groups excluding carboxylic acids is 1. The highest BCUT2D eigenvalue weighted by atomic mass is 16.5. The third-order valence-corrected chi connectivity index (χ3v) is 2.78. The molecule has 1 aromatic rings. The smallest absolute Gasteiger partial charge is 0.256 e. The summed E-state index contributed by atoms with van der Waals surface area (Å²) in [7, 11) is 0. The van der Waals surface area contributed by atoms with Crippen LogP contribution in [0.2, 0.25) is 0 Å². The van der Waals surface area contributed by atoms with Crippen LogP contribution in [0.3, 0.4) is 0 Å². The number of amides is 1. The quantitative estimate of drug-likeness (QED) is 0.757. The fourth-order valence-corrected chi connectivity index (χ4v) is 1.79. The molecule has 0 aliphatic rings. The van der Waals surface area contributed by atoms with E-state index in [-0.39, 0.29) is 12.5 Å². The summed E-state index contributed by atoms with van der Waals surface area (Å²) in [6.07, 6.45) is 4.19. The number of rotatable bonds is 7. The van der Waals surface area contributed by atoms with Gasteiger partial charge in [0.1, 0.15) is 11.3 Å². The van der Waals surface area contributed by atoms with E-state index in [1.807, 2.05) is 0 Å². The highest BCUT2D eigenvalue weighted by Crippen LogP contribution is 2.10. The van der Waals surface area contributed by atoms with Crippen LogP contribution in [-0.4, -0.2) is 29.3 Å². The minimum absolute atomic E-state index is 0.160. The van der Waals surface area contributed by atoms with E-state index in [2.05, 4.69) is 17.4 Å². The molecule has 0 aliphatic carbocycles. The van der Waals surface area contributed by atoms with Gasteiger partial charge in [0, 0.05) is 13.2 Å². The van der Waals surface area contributed by atoms with Crippen molar-refractivity contribution in [2.24, 2.45) is 5.92 Å². The zero-order valence-electron chi connectivity index (χ0n) is 10.4. The second kappa shape index (κ2) is 7.06. The van der Waals surface area contributed by atoms with Gasteiger partial charge in [-0.3, -0.25) is 4.79 Å². The van der Waals surface area contributed by atoms with Gasteiger partial charge in [-0.1, -0.05) is 18.5 Å². The van der Waals surface area contributed by atoms with Crippen molar-refractivity contribution in [1.82, 2.24) is 10.5 Å². The van der Waals surface area contributed by atoms with Gasteiger partial charge in [0.05, 0.1) is 6.20 Å². The molecule has 0 aliphatic heterocycles. The van der Waals surface area contributed by atoms with E-state index >= 15 is 0 Å². The number of nitrogens with zero attached hydrogens (tertiary/aromatic N) is 1. The third-order valence-electron chi connectivity index (χ3n) is 2.78. The number of aliphatic hydroxyl groups excluding tert-OH is 1. The molecule has 1 amide bonds. The lowest BCUT2D eigenvalue weighted by molar-refractivity contribution is 0.0941. The molecule has 17 heavy (non-hydrogen) atoms. The molecular formula is C12H20N2O3. The predicted molar refractivity (Wildman–Crippen MR) is 63.7 cm³/mol. The second-order valence-electron chi connectivity index (χ2n) is 4.17. The maximum absolute atomic E-state index is 11.8. The lowest BCUT2D eigenvalue weighted by atomic mass is 10.00. The Labute approximate surface area is 101 Å². The van der Waals surface area contributed by atoms with Crippen LogP contribution in [-0.2, 0) is 0 Å². The molecule has 0 saturated heterocycles. The average Bonchev–Trinajstić information content (AvgIpc) is 2.72. The second-order valence-corrected chi connectivity index (χ2v) is 4.17. The van der Waals surface area contributed by atoms with E-state index in [1.54, 1.807) is 6.92 Å². The Bertz CT molecular complexity index is 343. The van der Waals surface area contributed by atoms with Gasteiger partial charge >= 0.3 is 0 Å². The molecule has 2 N–H and O–H groups in total. The number of aromatic nitrogens is 1. The first-order chi connectivity index (χ1) is 8.19. The first-order valence-electron chi connectivity index (χ1n) is 5.99. The minimum Gasteiger partial charge on any atom is -0.396 e. The fourth-order valence-electron chi connectivity index (χ4n) is 1.79. The van der Waals surface area contributed by atoms with Crippen LogP contribution in [0.5, 0.6) is 0 Å². The van der Waals surface area contributed by atoms with Gasteiger partial charge in [-0.15, -0.1) is 0 Å². The largest absolute Gasteiger partial charge is 0.396 e. The average molecular weight is 240 g/mol. The molecular weight excluding hydrogens is 220 g/mol. The summed E-state index contributed by atoms with van der Waals surface area (Å²) in [6, 6.07) is 0. The number of hydrogen-bond donors (Lipinski definition) is 2. The summed E-state index contributed by atoms with van der Waals surface area (Å²) < 4.78 is 4.84. The third kappa shape index (κ3) is 4.19. The molecule has 0 fully saturated rings. The van der Waals surface area contributed by atoms with Gasteiger partial charge in [-0.05, 0) is 25.7 Å². The molecule has 0 spiro atoms. The monoisotopic (exact) mass is 240 g/mol. The summed E-state index contributed by atoms with van der Waals surface area (Å²) in [4.78, 5) is 11.8. The van der Waals surface area contributed by atoms with Crippen molar-refractivity contribution < 1.29 is 14.4 Å². The van der Waals surface area contributed by atoms with Gasteiger partial charge in [0.2, 0.25) is 0 Å². The standard InChI is InChI=1S/C12H20N2O3/c1-3-4-10(5-6-15)7-13-12(16)11-8-14-17-9(11)2/h8,10,15H,3-7H2,1-2H3,(H,13,16). The Morgan fingerprint density at radius 3 is 2.88 bits per heavy atom. The van der Waals surface area contributed by atoms with Crippen LogP contribution in [0.25, 0.3) is 0 Å². The molecule has 0 saturated carbocycles. The van der Waals surface area contributed by atoms with E-state index < -0.39 is 0 Å². The van der Waals surface area contributed by atoms with E-state index in [0.717, 1.165) is 19.3 Å². The van der Waals surface area contributed by atoms with Crippen LogP contribution in [0.1, 0.15) is 42.3 Å². The molecule has 1 heterocycles. The summed E-state index contributed by atoms with van der Waals surface area (Å²) in [5.41, 5.74) is 0.476. The van der Waals surface area contributed by atoms with Gasteiger partial charge < -0.3 is 14.9 Å². The van der Waals surface area contributed by atoms with Crippen molar-refractivity contribution in [3.05, 3.63) is 17.5 Å². The number of nitrogens with one attached hydrogen (secondary N) is 1. The SMILES string of the molecule is CCCC(CCO)CNC(=O)c1cnoc1C. The van der Waals surface area contributed by atoms with E-state index in [1.165, 1.54) is 6.20 Å². The topological polar surface area (TPSA) is 75.4 Å². The maximum Gasteiger partial charge on any atom is 0.256 e. The number of hydrogen-bond acceptors (Lipinski definition) is 4. The van der Waals surface area contributed by atoms with E-state index in [4.69, 9.17) is 9.63 Å². The Morgan fingerprint density at radius 1 is 1.59 bits per heavy atom. The van der Waals surface area contributed by atoms with E-state index in [9.17, 15) is 4.79 Å². The van der Waals surface area contributed by atoms with Crippen molar-refractivity contribution in [1.29, 1.82) is 0 Å². The summed E-state index contributed by atoms with van der Waals surface area (Å²) >= 11 is 0. The van der Waals surface area contributed by atoms with E-state index in [0.29, 0.717) is 23.8 Å². The van der Waals surface area contributed by atoms with Gasteiger partial charge in [0.15, 0.2) is 0 Å². The first kappa shape index (κ1) is 13.7. The number of carbonyl (C=O) groups is 1. The molecule has 0 aromatic carbocycles. The van der Waals surface area contributed by atoms with Gasteiger partial charge in [-0.25, -0.2) is 0 Å². The van der Waals surface area contributed by atoms with Crippen LogP contribution >= 0.6 is 0 Å². The number of aliphatic hydroxyl groups is 1. The van der Waals surface area contributed by atoms with Crippen LogP contribution in [0, 0.1) is 12.8 Å². The molecule has 1 rings (SSSR count). The highest BCUT2D eigenvalue weighted by molar-refractivity contribution is 5.94. The normalized spacial score (nSPS) is 12.4. The summed E-state index contributed by atoms with van der Waals surface area (Å²) in [5.74, 6) is 0.689. The van der Waals surface area contributed by atoms with Crippen LogP contribution < -0.4 is 5.32 Å².